The summed E-state index contributed by atoms with van der Waals surface area (Å²) in [5, 5.41) is 10.5. The van der Waals surface area contributed by atoms with Crippen molar-refractivity contribution in [3.63, 3.8) is 0 Å². The number of nitrogens with two attached hydrogens (primary N) is 1. The van der Waals surface area contributed by atoms with E-state index in [1.54, 1.807) is 0 Å². The van der Waals surface area contributed by atoms with Gasteiger partial charge >= 0.3 is 0 Å². The molecule has 3 rings (SSSR count). The lowest BCUT2D eigenvalue weighted by Crippen LogP contribution is -2.07. The molecule has 0 radical (unpaired) electrons. The molecule has 0 saturated carbocycles. The van der Waals surface area contributed by atoms with Crippen LogP contribution in [0.15, 0.2) is 54.7 Å². The Balaban J connectivity index is 2.24. The van der Waals surface area contributed by atoms with E-state index >= 15 is 0 Å². The van der Waals surface area contributed by atoms with Crippen molar-refractivity contribution in [3.8, 4) is 11.1 Å². The third kappa shape index (κ3) is 1.96. The lowest BCUT2D eigenvalue weighted by atomic mass is 10.0. The van der Waals surface area contributed by atoms with Crippen molar-refractivity contribution < 1.29 is 5.11 Å². The van der Waals surface area contributed by atoms with Gasteiger partial charge in [-0.25, -0.2) is 0 Å². The zero-order valence-electron chi connectivity index (χ0n) is 11.5. The highest BCUT2D eigenvalue weighted by Gasteiger charge is 2.11. The zero-order chi connectivity index (χ0) is 14.1. The van der Waals surface area contributed by atoms with E-state index < -0.39 is 0 Å². The molecule has 0 aliphatic heterocycles. The van der Waals surface area contributed by atoms with Crippen LogP contribution in [0, 0.1) is 0 Å². The first kappa shape index (κ1) is 12.8. The Morgan fingerprint density at radius 3 is 2.55 bits per heavy atom. The molecule has 3 N–H and O–H groups in total. The number of aromatic nitrogens is 1. The molecule has 0 unspecified atom stereocenters. The van der Waals surface area contributed by atoms with E-state index in [0.717, 1.165) is 27.7 Å². The molecule has 0 fully saturated rings. The molecule has 0 spiro atoms. The topological polar surface area (TPSA) is 51.2 Å². The average molecular weight is 266 g/mol. The first-order valence-corrected chi connectivity index (χ1v) is 6.77. The fourth-order valence-corrected chi connectivity index (χ4v) is 2.64. The van der Waals surface area contributed by atoms with Crippen LogP contribution in [0.25, 0.3) is 22.0 Å². The number of hydrogen-bond acceptors (Lipinski definition) is 2. The maximum Gasteiger partial charge on any atom is 0.0636 e. The van der Waals surface area contributed by atoms with Crippen LogP contribution in [-0.2, 0) is 0 Å². The summed E-state index contributed by atoms with van der Waals surface area (Å²) in [4.78, 5) is 0. The zero-order valence-corrected chi connectivity index (χ0v) is 11.5. The highest BCUT2D eigenvalue weighted by molar-refractivity contribution is 5.98. The minimum Gasteiger partial charge on any atom is -0.398 e. The summed E-state index contributed by atoms with van der Waals surface area (Å²) < 4.78 is 2.10. The van der Waals surface area contributed by atoms with Gasteiger partial charge < -0.3 is 15.4 Å². The van der Waals surface area contributed by atoms with Crippen LogP contribution < -0.4 is 5.73 Å². The molecule has 0 aliphatic carbocycles. The highest BCUT2D eigenvalue weighted by atomic mass is 16.3. The molecule has 20 heavy (non-hydrogen) atoms. The number of para-hydroxylation sites is 1. The summed E-state index contributed by atoms with van der Waals surface area (Å²) >= 11 is 0. The molecule has 3 aromatic rings. The predicted molar refractivity (Wildman–Crippen MR) is 83.6 cm³/mol. The molecule has 102 valence electrons. The van der Waals surface area contributed by atoms with E-state index in [0.29, 0.717) is 0 Å². The summed E-state index contributed by atoms with van der Waals surface area (Å²) in [5.74, 6) is 0. The third-order valence-electron chi connectivity index (χ3n) is 3.75. The van der Waals surface area contributed by atoms with E-state index in [1.165, 1.54) is 0 Å². The van der Waals surface area contributed by atoms with Crippen LogP contribution in [0.2, 0.25) is 0 Å². The maximum atomic E-state index is 9.36. The SMILES string of the molecule is C[C@H](CO)n1ccc2c(-c3ccccc3N)cccc21. The van der Waals surface area contributed by atoms with Crippen LogP contribution in [0.4, 0.5) is 5.69 Å². The summed E-state index contributed by atoms with van der Waals surface area (Å²) in [7, 11) is 0. The fourth-order valence-electron chi connectivity index (χ4n) is 2.64. The van der Waals surface area contributed by atoms with Crippen LogP contribution in [-0.4, -0.2) is 16.3 Å². The van der Waals surface area contributed by atoms with Gasteiger partial charge in [-0.1, -0.05) is 30.3 Å². The number of aliphatic hydroxyl groups excluding tert-OH is 1. The number of anilines is 1. The fraction of sp³-hybridized carbons (Fsp3) is 0.176. The van der Waals surface area contributed by atoms with Gasteiger partial charge in [0, 0.05) is 28.4 Å². The Morgan fingerprint density at radius 1 is 1.05 bits per heavy atom. The molecule has 3 heteroatoms. The second-order valence-electron chi connectivity index (χ2n) is 5.08. The van der Waals surface area contributed by atoms with E-state index in [1.807, 2.05) is 43.5 Å². The maximum absolute atomic E-state index is 9.36. The molecule has 3 nitrogen and oxygen atoms in total. The Hall–Kier alpha value is -2.26. The molecule has 0 bridgehead atoms. The molecule has 1 atom stereocenters. The summed E-state index contributed by atoms with van der Waals surface area (Å²) in [6.45, 7) is 2.13. The van der Waals surface area contributed by atoms with Crippen LogP contribution in [0.5, 0.6) is 0 Å². The molecular formula is C17H18N2O. The molecule has 1 heterocycles. The van der Waals surface area contributed by atoms with Gasteiger partial charge in [0.05, 0.1) is 12.6 Å². The average Bonchev–Trinajstić information content (AvgIpc) is 2.91. The van der Waals surface area contributed by atoms with Crippen molar-refractivity contribution in [1.82, 2.24) is 4.57 Å². The summed E-state index contributed by atoms with van der Waals surface area (Å²) in [6.07, 6.45) is 2.02. The lowest BCUT2D eigenvalue weighted by molar-refractivity contribution is 0.241. The van der Waals surface area contributed by atoms with Crippen molar-refractivity contribution in [2.24, 2.45) is 0 Å². The van der Waals surface area contributed by atoms with Gasteiger partial charge in [-0.3, -0.25) is 0 Å². The Labute approximate surface area is 118 Å². The Bertz CT molecular complexity index is 746. The number of rotatable bonds is 3. The van der Waals surface area contributed by atoms with Crippen LogP contribution in [0.1, 0.15) is 13.0 Å². The van der Waals surface area contributed by atoms with Gasteiger partial charge in [0.1, 0.15) is 0 Å². The Kier molecular flexibility index (Phi) is 3.20. The molecule has 2 aromatic carbocycles. The minimum atomic E-state index is 0.0656. The van der Waals surface area contributed by atoms with E-state index in [-0.39, 0.29) is 12.6 Å². The van der Waals surface area contributed by atoms with Gasteiger partial charge in [-0.2, -0.15) is 0 Å². The number of aliphatic hydroxyl groups is 1. The lowest BCUT2D eigenvalue weighted by Gasteiger charge is -2.13. The van der Waals surface area contributed by atoms with Crippen molar-refractivity contribution in [2.45, 2.75) is 13.0 Å². The number of fused-ring (bicyclic) bond motifs is 1. The van der Waals surface area contributed by atoms with Crippen molar-refractivity contribution in [1.29, 1.82) is 0 Å². The number of nitrogens with zero attached hydrogens (tertiary/aromatic N) is 1. The molecule has 1 aromatic heterocycles. The van der Waals surface area contributed by atoms with Gasteiger partial charge in [0.2, 0.25) is 0 Å². The number of hydrogen-bond donors (Lipinski definition) is 2. The smallest absolute Gasteiger partial charge is 0.0636 e. The first-order valence-electron chi connectivity index (χ1n) is 6.77. The summed E-state index contributed by atoms with van der Waals surface area (Å²) in [5.41, 5.74) is 10.2. The van der Waals surface area contributed by atoms with E-state index in [2.05, 4.69) is 22.8 Å². The van der Waals surface area contributed by atoms with Crippen molar-refractivity contribution in [2.75, 3.05) is 12.3 Å². The minimum absolute atomic E-state index is 0.0656. The van der Waals surface area contributed by atoms with Gasteiger partial charge in [-0.15, -0.1) is 0 Å². The normalized spacial score (nSPS) is 12.7. The predicted octanol–water partition coefficient (Wildman–Crippen LogP) is 3.44. The molecule has 0 amide bonds. The molecule has 0 aliphatic rings. The standard InChI is InChI=1S/C17H18N2O/c1-12(11-20)19-10-9-15-13(6-4-8-17(15)19)14-5-2-3-7-16(14)18/h2-10,12,20H,11,18H2,1H3/t12-/m1/s1. The monoisotopic (exact) mass is 266 g/mol. The van der Waals surface area contributed by atoms with E-state index in [4.69, 9.17) is 5.73 Å². The quantitative estimate of drug-likeness (QED) is 0.713. The van der Waals surface area contributed by atoms with Gasteiger partial charge in [0.25, 0.3) is 0 Å². The second kappa shape index (κ2) is 5.02. The molecular weight excluding hydrogens is 248 g/mol. The largest absolute Gasteiger partial charge is 0.398 e. The van der Waals surface area contributed by atoms with Crippen LogP contribution >= 0.6 is 0 Å². The van der Waals surface area contributed by atoms with Gasteiger partial charge in [-0.05, 0) is 30.7 Å². The first-order chi connectivity index (χ1) is 9.72. The number of benzene rings is 2. The third-order valence-corrected chi connectivity index (χ3v) is 3.75. The Morgan fingerprint density at radius 2 is 1.80 bits per heavy atom. The van der Waals surface area contributed by atoms with E-state index in [9.17, 15) is 5.11 Å². The molecule has 0 saturated heterocycles. The van der Waals surface area contributed by atoms with Crippen molar-refractivity contribution >= 4 is 16.6 Å². The number of nitrogen functional groups attached to an aromatic ring is 1. The van der Waals surface area contributed by atoms with Crippen LogP contribution in [0.3, 0.4) is 0 Å². The highest BCUT2D eigenvalue weighted by Crippen LogP contribution is 2.33. The van der Waals surface area contributed by atoms with Gasteiger partial charge in [0.15, 0.2) is 0 Å². The summed E-state index contributed by atoms with van der Waals surface area (Å²) in [6, 6.07) is 16.2. The van der Waals surface area contributed by atoms with Crippen molar-refractivity contribution in [3.05, 3.63) is 54.7 Å². The second-order valence-corrected chi connectivity index (χ2v) is 5.08.